The van der Waals surface area contributed by atoms with Crippen molar-refractivity contribution in [1.29, 1.82) is 0 Å². The van der Waals surface area contributed by atoms with Crippen molar-refractivity contribution >= 4 is 28.7 Å². The number of nitro benzene ring substituents is 1. The third-order valence-electron chi connectivity index (χ3n) is 5.42. The molecule has 0 saturated heterocycles. The first-order valence-corrected chi connectivity index (χ1v) is 11.2. The molecule has 33 heavy (non-hydrogen) atoms. The van der Waals surface area contributed by atoms with E-state index in [4.69, 9.17) is 0 Å². The number of hydrogen-bond acceptors (Lipinski definition) is 7. The molecule has 0 aliphatic heterocycles. The van der Waals surface area contributed by atoms with E-state index in [9.17, 15) is 19.7 Å². The van der Waals surface area contributed by atoms with Crippen LogP contribution in [0.1, 0.15) is 34.5 Å². The second-order valence-electron chi connectivity index (χ2n) is 7.59. The number of aromatic amines is 1. The lowest BCUT2D eigenvalue weighted by molar-refractivity contribution is -0.384. The number of nitro groups is 1. The Hall–Kier alpha value is -4.12. The number of non-ortho nitro benzene ring substituents is 1. The number of fused-ring (bicyclic) bond motifs is 1. The van der Waals surface area contributed by atoms with Crippen LogP contribution in [0.4, 0.5) is 11.5 Å². The summed E-state index contributed by atoms with van der Waals surface area (Å²) in [6.07, 6.45) is 3.30. The van der Waals surface area contributed by atoms with Gasteiger partial charge in [0.2, 0.25) is 5.95 Å². The van der Waals surface area contributed by atoms with Crippen LogP contribution in [0.15, 0.2) is 52.6 Å². The molecule has 0 saturated carbocycles. The van der Waals surface area contributed by atoms with Crippen LogP contribution in [-0.4, -0.2) is 30.6 Å². The van der Waals surface area contributed by atoms with E-state index < -0.39 is 10.8 Å². The molecule has 1 amide bonds. The molecule has 2 N–H and O–H groups in total. The molecule has 1 aliphatic rings. The Morgan fingerprint density at radius 3 is 2.82 bits per heavy atom. The van der Waals surface area contributed by atoms with Crippen molar-refractivity contribution in [1.82, 2.24) is 19.7 Å². The SMILES string of the molecule is O=C(Nc1cc(-c2cccs2)nn1-c1nc2c(c(=O)[nH]1)CCCC2)c1cccc([N+](=O)[O-])c1. The minimum absolute atomic E-state index is 0.126. The smallest absolute Gasteiger partial charge is 0.270 e. The van der Waals surface area contributed by atoms with Gasteiger partial charge in [0.1, 0.15) is 11.5 Å². The van der Waals surface area contributed by atoms with Gasteiger partial charge >= 0.3 is 0 Å². The minimum Gasteiger partial charge on any atom is -0.306 e. The summed E-state index contributed by atoms with van der Waals surface area (Å²) in [6.45, 7) is 0. The van der Waals surface area contributed by atoms with E-state index in [2.05, 4.69) is 20.4 Å². The summed E-state index contributed by atoms with van der Waals surface area (Å²) in [4.78, 5) is 44.4. The first-order valence-electron chi connectivity index (χ1n) is 10.3. The maximum atomic E-state index is 12.9. The van der Waals surface area contributed by atoms with Crippen LogP contribution in [-0.2, 0) is 12.8 Å². The van der Waals surface area contributed by atoms with Crippen molar-refractivity contribution in [2.24, 2.45) is 0 Å². The molecule has 0 radical (unpaired) electrons. The summed E-state index contributed by atoms with van der Waals surface area (Å²) < 4.78 is 1.39. The molecule has 1 aromatic carbocycles. The Morgan fingerprint density at radius 1 is 1.18 bits per heavy atom. The van der Waals surface area contributed by atoms with Gasteiger partial charge in [-0.1, -0.05) is 12.1 Å². The molecule has 0 spiro atoms. The van der Waals surface area contributed by atoms with Crippen LogP contribution in [0.2, 0.25) is 0 Å². The molecule has 4 aromatic rings. The highest BCUT2D eigenvalue weighted by Crippen LogP contribution is 2.28. The predicted octanol–water partition coefficient (Wildman–Crippen LogP) is 3.72. The van der Waals surface area contributed by atoms with Gasteiger partial charge in [-0.25, -0.2) is 4.98 Å². The lowest BCUT2D eigenvalue weighted by atomic mass is 9.97. The van der Waals surface area contributed by atoms with Gasteiger partial charge in [0.05, 0.1) is 15.5 Å². The quantitative estimate of drug-likeness (QED) is 0.343. The number of H-pyrrole nitrogens is 1. The summed E-state index contributed by atoms with van der Waals surface area (Å²) in [5.41, 5.74) is 1.76. The highest BCUT2D eigenvalue weighted by atomic mass is 32.1. The summed E-state index contributed by atoms with van der Waals surface area (Å²) in [5.74, 6) is -0.0514. The lowest BCUT2D eigenvalue weighted by Crippen LogP contribution is -2.24. The van der Waals surface area contributed by atoms with Gasteiger partial charge in [0, 0.05) is 29.3 Å². The molecular formula is C22H18N6O4S. The highest BCUT2D eigenvalue weighted by Gasteiger charge is 2.21. The summed E-state index contributed by atoms with van der Waals surface area (Å²) in [5, 5.41) is 20.3. The van der Waals surface area contributed by atoms with Crippen molar-refractivity contribution in [3.8, 4) is 16.5 Å². The third kappa shape index (κ3) is 4.05. The van der Waals surface area contributed by atoms with Crippen LogP contribution < -0.4 is 10.9 Å². The number of amides is 1. The number of nitrogens with zero attached hydrogens (tertiary/aromatic N) is 4. The molecule has 0 fully saturated rings. The number of carbonyl (C=O) groups is 1. The van der Waals surface area contributed by atoms with Crippen molar-refractivity contribution in [2.75, 3.05) is 5.32 Å². The molecule has 0 atom stereocenters. The molecule has 11 heteroatoms. The Balaban J connectivity index is 1.57. The fourth-order valence-corrected chi connectivity index (χ4v) is 4.50. The molecule has 3 heterocycles. The van der Waals surface area contributed by atoms with Crippen molar-refractivity contribution < 1.29 is 9.72 Å². The first-order chi connectivity index (χ1) is 16.0. The van der Waals surface area contributed by atoms with Gasteiger partial charge in [0.15, 0.2) is 0 Å². The van der Waals surface area contributed by atoms with Gasteiger partial charge < -0.3 is 5.32 Å². The molecule has 166 valence electrons. The van der Waals surface area contributed by atoms with E-state index in [1.165, 1.54) is 40.3 Å². The van der Waals surface area contributed by atoms with E-state index in [1.807, 2.05) is 17.5 Å². The Kier molecular flexibility index (Phi) is 5.31. The average molecular weight is 462 g/mol. The second-order valence-corrected chi connectivity index (χ2v) is 8.54. The van der Waals surface area contributed by atoms with Gasteiger partial charge in [-0.2, -0.15) is 9.78 Å². The minimum atomic E-state index is -0.558. The van der Waals surface area contributed by atoms with Gasteiger partial charge in [-0.15, -0.1) is 11.3 Å². The Morgan fingerprint density at radius 2 is 2.03 bits per heavy atom. The maximum absolute atomic E-state index is 12.9. The van der Waals surface area contributed by atoms with Crippen molar-refractivity contribution in [3.05, 3.63) is 85.1 Å². The van der Waals surface area contributed by atoms with E-state index in [0.717, 1.165) is 23.4 Å². The van der Waals surface area contributed by atoms with E-state index >= 15 is 0 Å². The average Bonchev–Trinajstić information content (AvgIpc) is 3.49. The summed E-state index contributed by atoms with van der Waals surface area (Å²) in [7, 11) is 0. The van der Waals surface area contributed by atoms with E-state index in [0.29, 0.717) is 24.1 Å². The van der Waals surface area contributed by atoms with Crippen molar-refractivity contribution in [3.63, 3.8) is 0 Å². The molecule has 3 aromatic heterocycles. The van der Waals surface area contributed by atoms with Crippen molar-refractivity contribution in [2.45, 2.75) is 25.7 Å². The zero-order valence-corrected chi connectivity index (χ0v) is 18.1. The molecular weight excluding hydrogens is 444 g/mol. The lowest BCUT2D eigenvalue weighted by Gasteiger charge is -2.15. The summed E-state index contributed by atoms with van der Waals surface area (Å²) >= 11 is 1.48. The van der Waals surface area contributed by atoms with Crippen LogP contribution in [0, 0.1) is 10.1 Å². The van der Waals surface area contributed by atoms with Crippen LogP contribution in [0.5, 0.6) is 0 Å². The Bertz CT molecular complexity index is 1420. The predicted molar refractivity (Wildman–Crippen MR) is 123 cm³/mol. The molecule has 0 bridgehead atoms. The molecule has 1 aliphatic carbocycles. The first kappa shape index (κ1) is 20.8. The third-order valence-corrected chi connectivity index (χ3v) is 6.32. The number of aryl methyl sites for hydroxylation is 1. The van der Waals surface area contributed by atoms with Crippen LogP contribution >= 0.6 is 11.3 Å². The van der Waals surface area contributed by atoms with E-state index in [1.54, 1.807) is 6.07 Å². The molecule has 10 nitrogen and oxygen atoms in total. The maximum Gasteiger partial charge on any atom is 0.270 e. The largest absolute Gasteiger partial charge is 0.306 e. The zero-order valence-electron chi connectivity index (χ0n) is 17.3. The topological polar surface area (TPSA) is 136 Å². The fourth-order valence-electron chi connectivity index (χ4n) is 3.82. The number of aromatic nitrogens is 4. The second kappa shape index (κ2) is 8.43. The number of anilines is 1. The monoisotopic (exact) mass is 462 g/mol. The number of rotatable bonds is 5. The summed E-state index contributed by atoms with van der Waals surface area (Å²) in [6, 6.07) is 10.9. The zero-order chi connectivity index (χ0) is 22.9. The van der Waals surface area contributed by atoms with Gasteiger partial charge in [-0.05, 0) is 43.2 Å². The number of carbonyl (C=O) groups excluding carboxylic acids is 1. The highest BCUT2D eigenvalue weighted by molar-refractivity contribution is 7.13. The standard InChI is InChI=1S/C22H18N6O4S/c29-20(13-5-3-6-14(11-13)28(31)32)24-19-12-17(18-9-4-10-33-18)26-27(19)22-23-16-8-2-1-7-15(16)21(30)25-22/h3-6,9-12H,1-2,7-8H2,(H,24,29)(H,23,25,30). The van der Waals surface area contributed by atoms with E-state index in [-0.39, 0.29) is 28.6 Å². The van der Waals surface area contributed by atoms with Crippen LogP contribution in [0.25, 0.3) is 16.5 Å². The molecule has 0 unspecified atom stereocenters. The number of thiophene rings is 1. The fraction of sp³-hybridized carbons (Fsp3) is 0.182. The molecule has 5 rings (SSSR count). The number of benzene rings is 1. The van der Waals surface area contributed by atoms with Gasteiger partial charge in [0.25, 0.3) is 17.2 Å². The normalized spacial score (nSPS) is 12.8. The number of nitrogens with one attached hydrogen (secondary N) is 2. The van der Waals surface area contributed by atoms with Crippen LogP contribution in [0.3, 0.4) is 0 Å². The van der Waals surface area contributed by atoms with Gasteiger partial charge in [-0.3, -0.25) is 24.7 Å². The number of hydrogen-bond donors (Lipinski definition) is 2. The Labute approximate surface area is 191 Å².